The van der Waals surface area contributed by atoms with Gasteiger partial charge in [0, 0.05) is 28.4 Å². The first-order chi connectivity index (χ1) is 12.6. The second-order valence-corrected chi connectivity index (χ2v) is 5.21. The number of rotatable bonds is 18. The molecule has 0 rings (SSSR count). The molecule has 0 aromatic carbocycles. The first kappa shape index (κ1) is 25.6. The minimum atomic E-state index is -1.33. The van der Waals surface area contributed by atoms with E-state index in [0.717, 1.165) is 0 Å². The summed E-state index contributed by atoms with van der Waals surface area (Å²) < 4.78 is 41.1. The molecule has 11 heteroatoms. The van der Waals surface area contributed by atoms with Crippen molar-refractivity contribution in [2.24, 2.45) is 0 Å². The van der Waals surface area contributed by atoms with Crippen molar-refractivity contribution in [2.45, 2.75) is 30.5 Å². The van der Waals surface area contributed by atoms with E-state index >= 15 is 0 Å². The molecule has 0 heterocycles. The normalized spacial score (nSPS) is 17.7. The lowest BCUT2D eigenvalue weighted by Gasteiger charge is -2.36. The van der Waals surface area contributed by atoms with E-state index in [1.54, 1.807) is 0 Å². The molecule has 0 amide bonds. The van der Waals surface area contributed by atoms with Crippen LogP contribution in [0.1, 0.15) is 0 Å². The van der Waals surface area contributed by atoms with Crippen LogP contribution in [0.25, 0.3) is 0 Å². The minimum Gasteiger partial charge on any atom is -0.394 e. The summed E-state index contributed by atoms with van der Waals surface area (Å²) in [5.74, 6) is 0. The van der Waals surface area contributed by atoms with Crippen LogP contribution < -0.4 is 0 Å². The number of aliphatic hydroxyl groups excluding tert-OH is 3. The Labute approximate surface area is 153 Å². The highest BCUT2D eigenvalue weighted by atomic mass is 16.7. The van der Waals surface area contributed by atoms with Crippen molar-refractivity contribution < 1.29 is 53.2 Å². The molecular formula is C15H32O11. The van der Waals surface area contributed by atoms with Crippen LogP contribution in [-0.2, 0) is 37.9 Å². The zero-order valence-electron chi connectivity index (χ0n) is 15.7. The number of methoxy groups -OCH3 is 4. The van der Waals surface area contributed by atoms with Crippen molar-refractivity contribution in [3.8, 4) is 0 Å². The highest BCUT2D eigenvalue weighted by molar-refractivity contribution is 4.88. The lowest BCUT2D eigenvalue weighted by atomic mass is 9.99. The minimum absolute atomic E-state index is 0.0273. The monoisotopic (exact) mass is 388 g/mol. The van der Waals surface area contributed by atoms with Crippen LogP contribution >= 0.6 is 0 Å². The summed E-state index contributed by atoms with van der Waals surface area (Å²) in [5, 5.41) is 29.9. The third kappa shape index (κ3) is 10.0. The number of hydrogen-bond acceptors (Lipinski definition) is 11. The summed E-state index contributed by atoms with van der Waals surface area (Å²) >= 11 is 0. The molecule has 0 saturated carbocycles. The molecule has 11 nitrogen and oxygen atoms in total. The topological polar surface area (TPSA) is 135 Å². The molecule has 0 bridgehead atoms. The summed E-state index contributed by atoms with van der Waals surface area (Å²) in [4.78, 5) is 0. The van der Waals surface area contributed by atoms with Gasteiger partial charge in [-0.05, 0) is 0 Å². The predicted octanol–water partition coefficient (Wildman–Crippen LogP) is -1.71. The summed E-state index contributed by atoms with van der Waals surface area (Å²) in [6, 6.07) is 0. The molecular weight excluding hydrogens is 356 g/mol. The van der Waals surface area contributed by atoms with E-state index in [1.165, 1.54) is 28.4 Å². The van der Waals surface area contributed by atoms with Crippen LogP contribution in [0.2, 0.25) is 0 Å². The molecule has 0 aromatic heterocycles. The molecule has 3 N–H and O–H groups in total. The van der Waals surface area contributed by atoms with Crippen molar-refractivity contribution >= 4 is 0 Å². The van der Waals surface area contributed by atoms with E-state index in [-0.39, 0.29) is 33.8 Å². The van der Waals surface area contributed by atoms with E-state index in [9.17, 15) is 15.3 Å². The van der Waals surface area contributed by atoms with E-state index in [0.29, 0.717) is 0 Å². The van der Waals surface area contributed by atoms with Crippen molar-refractivity contribution in [3.05, 3.63) is 0 Å². The lowest BCUT2D eigenvalue weighted by Crippen LogP contribution is -2.55. The molecule has 0 aliphatic rings. The van der Waals surface area contributed by atoms with Gasteiger partial charge in [-0.3, -0.25) is 0 Å². The fourth-order valence-electron chi connectivity index (χ4n) is 2.12. The van der Waals surface area contributed by atoms with Crippen molar-refractivity contribution in [1.82, 2.24) is 0 Å². The summed E-state index contributed by atoms with van der Waals surface area (Å²) in [6.07, 6.45) is -5.67. The van der Waals surface area contributed by atoms with Crippen LogP contribution in [0.15, 0.2) is 0 Å². The Balaban J connectivity index is 5.38. The fourth-order valence-corrected chi connectivity index (χ4v) is 2.12. The van der Waals surface area contributed by atoms with Crippen molar-refractivity contribution in [3.63, 3.8) is 0 Å². The van der Waals surface area contributed by atoms with Gasteiger partial charge in [0.15, 0.2) is 0 Å². The molecule has 5 atom stereocenters. The van der Waals surface area contributed by atoms with E-state index < -0.39 is 37.1 Å². The van der Waals surface area contributed by atoms with Crippen LogP contribution in [0, 0.1) is 0 Å². The Morgan fingerprint density at radius 1 is 0.615 bits per heavy atom. The number of aliphatic hydroxyl groups is 3. The Hall–Kier alpha value is -0.440. The molecule has 0 radical (unpaired) electrons. The van der Waals surface area contributed by atoms with Gasteiger partial charge in [-0.25, -0.2) is 0 Å². The van der Waals surface area contributed by atoms with Gasteiger partial charge in [0.1, 0.15) is 57.7 Å². The molecule has 0 spiro atoms. The molecule has 0 aromatic rings. The van der Waals surface area contributed by atoms with E-state index in [2.05, 4.69) is 0 Å². The maximum Gasteiger partial charge on any atom is 0.146 e. The predicted molar refractivity (Wildman–Crippen MR) is 87.2 cm³/mol. The van der Waals surface area contributed by atoms with E-state index in [4.69, 9.17) is 37.9 Å². The van der Waals surface area contributed by atoms with Crippen molar-refractivity contribution in [2.75, 3.05) is 68.8 Å². The van der Waals surface area contributed by atoms with Gasteiger partial charge in [-0.15, -0.1) is 0 Å². The third-order valence-electron chi connectivity index (χ3n) is 3.22. The second-order valence-electron chi connectivity index (χ2n) is 5.21. The van der Waals surface area contributed by atoms with Gasteiger partial charge in [-0.2, -0.15) is 0 Å². The second kappa shape index (κ2) is 16.7. The van der Waals surface area contributed by atoms with Gasteiger partial charge in [-0.1, -0.05) is 0 Å². The molecule has 0 fully saturated rings. The zero-order valence-corrected chi connectivity index (χ0v) is 15.7. The maximum atomic E-state index is 10.4. The Bertz CT molecular complexity index is 307. The number of ether oxygens (including phenoxy) is 8. The third-order valence-corrected chi connectivity index (χ3v) is 3.22. The van der Waals surface area contributed by atoms with Gasteiger partial charge >= 0.3 is 0 Å². The van der Waals surface area contributed by atoms with E-state index in [1.807, 2.05) is 0 Å². The molecule has 0 aliphatic carbocycles. The SMILES string of the molecule is COCOC[C@@H](O)[C@@H](OCOC)[C@H](OCOC)[C@@H](OCOC)[C@@H](O)CO. The summed E-state index contributed by atoms with van der Waals surface area (Å²) in [6.45, 7) is -1.28. The highest BCUT2D eigenvalue weighted by Gasteiger charge is 2.40. The fraction of sp³-hybridized carbons (Fsp3) is 1.00. The molecule has 0 unspecified atom stereocenters. The van der Waals surface area contributed by atoms with Crippen LogP contribution in [0.4, 0.5) is 0 Å². The lowest BCUT2D eigenvalue weighted by molar-refractivity contribution is -0.247. The van der Waals surface area contributed by atoms with Crippen LogP contribution in [0.5, 0.6) is 0 Å². The summed E-state index contributed by atoms with van der Waals surface area (Å²) in [5.41, 5.74) is 0. The Morgan fingerprint density at radius 2 is 1.04 bits per heavy atom. The summed E-state index contributed by atoms with van der Waals surface area (Å²) in [7, 11) is 5.67. The Kier molecular flexibility index (Phi) is 16.4. The molecule has 158 valence electrons. The smallest absolute Gasteiger partial charge is 0.146 e. The van der Waals surface area contributed by atoms with Gasteiger partial charge < -0.3 is 53.2 Å². The van der Waals surface area contributed by atoms with Crippen LogP contribution in [-0.4, -0.2) is 115 Å². The average molecular weight is 388 g/mol. The Morgan fingerprint density at radius 3 is 1.46 bits per heavy atom. The van der Waals surface area contributed by atoms with Crippen molar-refractivity contribution in [1.29, 1.82) is 0 Å². The maximum absolute atomic E-state index is 10.4. The molecule has 26 heavy (non-hydrogen) atoms. The zero-order chi connectivity index (χ0) is 19.8. The average Bonchev–Trinajstić information content (AvgIpc) is 2.65. The quantitative estimate of drug-likeness (QED) is 0.183. The van der Waals surface area contributed by atoms with Gasteiger partial charge in [0.05, 0.1) is 13.2 Å². The van der Waals surface area contributed by atoms with Crippen LogP contribution in [0.3, 0.4) is 0 Å². The standard InChI is InChI=1S/C15H32O11/c1-19-7-23-6-12(18)14(25-9-21-3)15(26-10-22-4)13(11(17)5-16)24-8-20-2/h11-18H,5-10H2,1-4H3/t11-,12+,13-,14+,15+/m0/s1. The van der Waals surface area contributed by atoms with Gasteiger partial charge in [0.25, 0.3) is 0 Å². The molecule has 0 aliphatic heterocycles. The molecule has 0 saturated heterocycles. The largest absolute Gasteiger partial charge is 0.394 e. The highest BCUT2D eigenvalue weighted by Crippen LogP contribution is 2.19. The number of hydrogen-bond donors (Lipinski definition) is 3. The van der Waals surface area contributed by atoms with Gasteiger partial charge in [0.2, 0.25) is 0 Å². The first-order valence-corrected chi connectivity index (χ1v) is 7.92. The first-order valence-electron chi connectivity index (χ1n) is 7.92.